The number of likely N-dealkylation sites (tertiary alicyclic amines) is 2. The van der Waals surface area contributed by atoms with E-state index in [1.165, 1.54) is 0 Å². The zero-order chi connectivity index (χ0) is 58.1. The number of amides is 2. The van der Waals surface area contributed by atoms with Crippen LogP contribution in [0.25, 0.3) is 55.6 Å². The maximum absolute atomic E-state index is 13.4. The fraction of sp³-hybridized carbons (Fsp3) is 0.373. The number of hydrogen-bond acceptors (Lipinski definition) is 11. The Morgan fingerprint density at radius 2 is 0.976 bits per heavy atom. The molecule has 2 N–H and O–H groups in total. The van der Waals surface area contributed by atoms with Gasteiger partial charge in [0.25, 0.3) is 0 Å². The third-order valence-electron chi connectivity index (χ3n) is 16.5. The first kappa shape index (κ1) is 57.4. The highest BCUT2D eigenvalue weighted by Crippen LogP contribution is 2.33. The predicted octanol–water partition coefficient (Wildman–Crippen LogP) is 10.6. The van der Waals surface area contributed by atoms with Gasteiger partial charge in [-0.1, -0.05) is 79.7 Å². The number of aromatic nitrogens is 6. The van der Waals surface area contributed by atoms with Gasteiger partial charge in [-0.15, -0.1) is 0 Å². The summed E-state index contributed by atoms with van der Waals surface area (Å²) in [5.74, 6) is 2.22. The zero-order valence-electron chi connectivity index (χ0n) is 48.3. The minimum absolute atomic E-state index is 0.0854. The van der Waals surface area contributed by atoms with Gasteiger partial charge in [-0.25, -0.2) is 28.7 Å². The Morgan fingerprint density at radius 3 is 1.44 bits per heavy atom. The van der Waals surface area contributed by atoms with Crippen LogP contribution < -0.4 is 17.2 Å². The van der Waals surface area contributed by atoms with Crippen molar-refractivity contribution >= 4 is 56.1 Å². The number of rotatable bonds is 20. The van der Waals surface area contributed by atoms with Gasteiger partial charge in [0.05, 0.1) is 44.5 Å². The fourth-order valence-electron chi connectivity index (χ4n) is 12.5. The van der Waals surface area contributed by atoms with Crippen LogP contribution in [0.5, 0.6) is 0 Å². The van der Waals surface area contributed by atoms with Gasteiger partial charge in [0.2, 0.25) is 11.8 Å². The van der Waals surface area contributed by atoms with Gasteiger partial charge in [-0.3, -0.25) is 9.59 Å². The number of imidazole rings is 2. The summed E-state index contributed by atoms with van der Waals surface area (Å²) in [6.45, 7) is 8.14. The van der Waals surface area contributed by atoms with Crippen LogP contribution in [0.15, 0.2) is 164 Å². The number of fused-ring (bicyclic) bond motifs is 4. The normalized spacial score (nSPS) is 16.3. The molecule has 2 saturated heterocycles. The zero-order valence-corrected chi connectivity index (χ0v) is 48.3. The highest BCUT2D eigenvalue weighted by atomic mass is 16.5. The molecule has 0 radical (unpaired) electrons. The van der Waals surface area contributed by atoms with E-state index in [2.05, 4.69) is 46.4 Å². The first-order chi connectivity index (χ1) is 41.0. The van der Waals surface area contributed by atoms with Gasteiger partial charge in [0, 0.05) is 97.4 Å². The Hall–Kier alpha value is -8.38. The van der Waals surface area contributed by atoms with Crippen LogP contribution in [0.1, 0.15) is 92.9 Å². The van der Waals surface area contributed by atoms with E-state index < -0.39 is 11.5 Å². The summed E-state index contributed by atoms with van der Waals surface area (Å²) in [5, 5.41) is 0. The predicted molar refractivity (Wildman–Crippen MR) is 327 cm³/mol. The average Bonchev–Trinajstić information content (AvgIpc) is 4.42. The number of ether oxygens (including phenoxy) is 2. The number of methoxy groups -OCH3 is 2. The van der Waals surface area contributed by atoms with E-state index in [1.807, 2.05) is 113 Å². The second-order valence-electron chi connectivity index (χ2n) is 22.6. The summed E-state index contributed by atoms with van der Waals surface area (Å²) < 4.78 is 29.1. The van der Waals surface area contributed by atoms with Crippen molar-refractivity contribution in [2.24, 2.45) is 11.7 Å². The highest BCUT2D eigenvalue weighted by Gasteiger charge is 2.31. The van der Waals surface area contributed by atoms with Gasteiger partial charge in [0.15, 0.2) is 11.2 Å². The summed E-state index contributed by atoms with van der Waals surface area (Å²) in [4.78, 5) is 65.8. The number of hydrogen-bond donors (Lipinski definition) is 1. The van der Waals surface area contributed by atoms with Gasteiger partial charge < -0.3 is 43.0 Å². The molecule has 17 nitrogen and oxygen atoms in total. The average molecular weight is 1130 g/mol. The van der Waals surface area contributed by atoms with Crippen LogP contribution in [0, 0.1) is 5.92 Å². The van der Waals surface area contributed by atoms with Gasteiger partial charge in [-0.05, 0) is 141 Å². The van der Waals surface area contributed by atoms with Crippen molar-refractivity contribution in [3.05, 3.63) is 189 Å². The van der Waals surface area contributed by atoms with Crippen molar-refractivity contribution in [2.45, 2.75) is 102 Å². The molecule has 2 aliphatic rings. The molecule has 4 atom stereocenters. The molecule has 436 valence electrons. The minimum atomic E-state index is -0.420. The summed E-state index contributed by atoms with van der Waals surface area (Å²) in [7, 11) is 3.46. The molecule has 12 rings (SSSR count). The van der Waals surface area contributed by atoms with Gasteiger partial charge in [-0.2, -0.15) is 0 Å². The van der Waals surface area contributed by atoms with Crippen molar-refractivity contribution < 1.29 is 27.9 Å². The molecule has 10 aromatic rings. The van der Waals surface area contributed by atoms with Gasteiger partial charge in [0.1, 0.15) is 11.6 Å². The van der Waals surface area contributed by atoms with Crippen LogP contribution in [0.2, 0.25) is 0 Å². The molecule has 0 saturated carbocycles. The monoisotopic (exact) mass is 1130 g/mol. The molecular formula is C67H75N9O8. The molecule has 6 heterocycles. The number of nitrogens with zero attached hydrogens (tertiary/aromatic N) is 8. The molecule has 0 spiro atoms. The van der Waals surface area contributed by atoms with Crippen molar-refractivity contribution in [1.82, 2.24) is 38.0 Å². The van der Waals surface area contributed by atoms with E-state index in [-0.39, 0.29) is 42.0 Å². The standard InChI is InChI=1S/C34H38N4O4.C33H37N5O4/c1-24(21-25-14-16-27(17-15-25)38-30-12-5-6-13-31(30)42-34(38)40)22-32(39)36-18-7-9-26(23-36)33-35-28-10-3-4-11-29(28)37(33)19-8-20-41-2;1-41-19-7-18-37-28-10-3-2-9-27(28)35-32(37)24-8-6-17-36(22-24)31(39)21-25(34)20-23-13-15-26(16-14-23)38-29-11-4-5-12-30(29)42-33(38)40/h3-6,10-17,24,26H,7-9,18-23H2,1-2H3;2-5,9-16,24-25H,6-8,17-22,34H2,1H3/t24-,26-;24-,25-/m11/s1. The van der Waals surface area contributed by atoms with Crippen molar-refractivity contribution in [3.8, 4) is 11.4 Å². The second-order valence-corrected chi connectivity index (χ2v) is 22.6. The molecule has 0 aliphatic carbocycles. The van der Waals surface area contributed by atoms with E-state index in [1.54, 1.807) is 35.5 Å². The summed E-state index contributed by atoms with van der Waals surface area (Å²) in [6, 6.07) is 46.7. The first-order valence-electron chi connectivity index (χ1n) is 29.6. The minimum Gasteiger partial charge on any atom is -0.407 e. The van der Waals surface area contributed by atoms with Gasteiger partial charge >= 0.3 is 11.5 Å². The molecule has 2 fully saturated rings. The summed E-state index contributed by atoms with van der Waals surface area (Å²) in [5.41, 5.74) is 17.0. The fourth-order valence-corrected chi connectivity index (χ4v) is 12.5. The summed E-state index contributed by atoms with van der Waals surface area (Å²) >= 11 is 0. The van der Waals surface area contributed by atoms with Crippen molar-refractivity contribution in [1.29, 1.82) is 0 Å². The lowest BCUT2D eigenvalue weighted by atomic mass is 9.94. The van der Waals surface area contributed by atoms with Crippen LogP contribution in [0.3, 0.4) is 0 Å². The van der Waals surface area contributed by atoms with E-state index in [4.69, 9.17) is 34.0 Å². The second kappa shape index (κ2) is 26.5. The number of aryl methyl sites for hydroxylation is 2. The number of piperidine rings is 2. The number of carbonyl (C=O) groups is 2. The number of benzene rings is 6. The third kappa shape index (κ3) is 12.9. The molecular weight excluding hydrogens is 1060 g/mol. The van der Waals surface area contributed by atoms with E-state index in [0.717, 1.165) is 138 Å². The Kier molecular flexibility index (Phi) is 18.1. The first-order valence-corrected chi connectivity index (χ1v) is 29.6. The highest BCUT2D eigenvalue weighted by molar-refractivity contribution is 5.80. The molecule has 4 aromatic heterocycles. The lowest BCUT2D eigenvalue weighted by molar-refractivity contribution is -0.133. The molecule has 84 heavy (non-hydrogen) atoms. The molecule has 0 unspecified atom stereocenters. The SMILES string of the molecule is COCCCn1c([C@@H]2CCCN(C(=O)C[C@H](C)Cc3ccc(-n4c(=O)oc5ccccc54)cc3)C2)nc2ccccc21.COCCCn1c([C@@H]2CCCN(C(=O)C[C@H](N)Cc3ccc(-n4c(=O)oc5ccccc54)cc3)C2)nc2ccccc21. The van der Waals surface area contributed by atoms with E-state index >= 15 is 0 Å². The van der Waals surface area contributed by atoms with E-state index in [9.17, 15) is 19.2 Å². The van der Waals surface area contributed by atoms with Crippen LogP contribution in [0.4, 0.5) is 0 Å². The maximum atomic E-state index is 13.4. The third-order valence-corrected chi connectivity index (χ3v) is 16.5. The molecule has 17 heteroatoms. The van der Waals surface area contributed by atoms with Crippen LogP contribution >= 0.6 is 0 Å². The Bertz CT molecular complexity index is 3720. The quantitative estimate of drug-likeness (QED) is 0.0715. The topological polar surface area (TPSA) is 191 Å². The lowest BCUT2D eigenvalue weighted by Crippen LogP contribution is -2.42. The smallest absolute Gasteiger partial charge is 0.407 e. The number of nitrogens with two attached hydrogens (primary N) is 1. The number of para-hydroxylation sites is 8. The lowest BCUT2D eigenvalue weighted by Gasteiger charge is -2.33. The Balaban J connectivity index is 0.000000175. The van der Waals surface area contributed by atoms with Crippen LogP contribution in [-0.4, -0.2) is 110 Å². The Morgan fingerprint density at radius 1 is 0.560 bits per heavy atom. The summed E-state index contributed by atoms with van der Waals surface area (Å²) in [6.07, 6.45) is 7.94. The number of carbonyl (C=O) groups excluding carboxylic acids is 2. The molecule has 2 amide bonds. The van der Waals surface area contributed by atoms with E-state index in [0.29, 0.717) is 50.3 Å². The Labute approximate surface area is 488 Å². The largest absolute Gasteiger partial charge is 0.424 e. The maximum Gasteiger partial charge on any atom is 0.424 e. The van der Waals surface area contributed by atoms with Crippen molar-refractivity contribution in [3.63, 3.8) is 0 Å². The molecule has 0 bridgehead atoms. The molecule has 2 aliphatic heterocycles. The number of oxazole rings is 2. The van der Waals surface area contributed by atoms with Crippen molar-refractivity contribution in [2.75, 3.05) is 53.6 Å². The molecule has 6 aromatic carbocycles. The van der Waals surface area contributed by atoms with Crippen LogP contribution in [-0.2, 0) is 45.0 Å².